The van der Waals surface area contributed by atoms with E-state index in [0.717, 1.165) is 12.8 Å². The van der Waals surface area contributed by atoms with Gasteiger partial charge in [-0.3, -0.25) is 4.79 Å². The molecule has 0 aliphatic rings. The molecular weight excluding hydrogens is 148 g/mol. The van der Waals surface area contributed by atoms with Crippen molar-refractivity contribution in [2.75, 3.05) is 0 Å². The fourth-order valence-corrected chi connectivity index (χ4v) is 0.947. The van der Waals surface area contributed by atoms with Crippen LogP contribution in [0.25, 0.3) is 0 Å². The van der Waals surface area contributed by atoms with Crippen LogP contribution in [0, 0.1) is 0 Å². The van der Waals surface area contributed by atoms with Crippen LogP contribution in [0.4, 0.5) is 0 Å². The zero-order valence-corrected chi connectivity index (χ0v) is 8.05. The van der Waals surface area contributed by atoms with Crippen LogP contribution in [0.1, 0.15) is 39.5 Å². The zero-order chi connectivity index (χ0) is 9.23. The number of carbonyl (C=O) groups excluding carboxylic acids is 1. The third-order valence-electron chi connectivity index (χ3n) is 1.65. The average molecular weight is 166 g/mol. The number of hydrogen-bond acceptors (Lipinski definition) is 1. The largest absolute Gasteiger partial charge is 0.300 e. The van der Waals surface area contributed by atoms with Crippen molar-refractivity contribution >= 4 is 5.78 Å². The molecule has 0 unspecified atom stereocenters. The van der Waals surface area contributed by atoms with Crippen LogP contribution < -0.4 is 0 Å². The molecule has 0 aliphatic heterocycles. The van der Waals surface area contributed by atoms with Gasteiger partial charge in [-0.1, -0.05) is 24.3 Å². The maximum atomic E-state index is 11.1. The summed E-state index contributed by atoms with van der Waals surface area (Å²) >= 11 is 0. The molecular formula is C11H18O. The van der Waals surface area contributed by atoms with E-state index < -0.39 is 0 Å². The Balaban J connectivity index is 3.33. The van der Waals surface area contributed by atoms with Gasteiger partial charge in [0.2, 0.25) is 0 Å². The summed E-state index contributed by atoms with van der Waals surface area (Å²) in [7, 11) is 0. The highest BCUT2D eigenvalue weighted by molar-refractivity contribution is 5.78. The summed E-state index contributed by atoms with van der Waals surface area (Å²) in [5.74, 6) is 0.367. The van der Waals surface area contributed by atoms with E-state index >= 15 is 0 Å². The topological polar surface area (TPSA) is 17.1 Å². The van der Waals surface area contributed by atoms with E-state index in [-0.39, 0.29) is 0 Å². The summed E-state index contributed by atoms with van der Waals surface area (Å²) in [4.78, 5) is 11.1. The van der Waals surface area contributed by atoms with Gasteiger partial charge < -0.3 is 0 Å². The molecule has 12 heavy (non-hydrogen) atoms. The SMILES string of the molecule is CC=CCCC(=O)CCC=CC. The van der Waals surface area contributed by atoms with E-state index in [4.69, 9.17) is 0 Å². The Morgan fingerprint density at radius 1 is 1.00 bits per heavy atom. The third kappa shape index (κ3) is 7.26. The fraction of sp³-hybridized carbons (Fsp3) is 0.545. The van der Waals surface area contributed by atoms with Gasteiger partial charge in [0.1, 0.15) is 5.78 Å². The van der Waals surface area contributed by atoms with Crippen LogP contribution in [0.3, 0.4) is 0 Å². The summed E-state index contributed by atoms with van der Waals surface area (Å²) in [5.41, 5.74) is 0. The maximum Gasteiger partial charge on any atom is 0.133 e. The lowest BCUT2D eigenvalue weighted by molar-refractivity contribution is -0.118. The smallest absolute Gasteiger partial charge is 0.133 e. The van der Waals surface area contributed by atoms with E-state index in [9.17, 15) is 4.79 Å². The van der Waals surface area contributed by atoms with Gasteiger partial charge in [-0.2, -0.15) is 0 Å². The molecule has 0 bridgehead atoms. The maximum absolute atomic E-state index is 11.1. The van der Waals surface area contributed by atoms with E-state index in [1.165, 1.54) is 0 Å². The Hall–Kier alpha value is -0.850. The highest BCUT2D eigenvalue weighted by atomic mass is 16.1. The molecule has 1 nitrogen and oxygen atoms in total. The quantitative estimate of drug-likeness (QED) is 0.553. The Labute approximate surface area is 75.2 Å². The zero-order valence-electron chi connectivity index (χ0n) is 8.05. The lowest BCUT2D eigenvalue weighted by Crippen LogP contribution is -1.95. The highest BCUT2D eigenvalue weighted by Gasteiger charge is 1.97. The van der Waals surface area contributed by atoms with Gasteiger partial charge in [0, 0.05) is 12.8 Å². The number of ketones is 1. The fourth-order valence-electron chi connectivity index (χ4n) is 0.947. The minimum absolute atomic E-state index is 0.367. The molecule has 0 saturated heterocycles. The molecule has 0 heterocycles. The average Bonchev–Trinajstić information content (AvgIpc) is 2.06. The Morgan fingerprint density at radius 3 is 1.75 bits per heavy atom. The molecule has 1 heteroatoms. The molecule has 0 rings (SSSR count). The molecule has 0 amide bonds. The summed E-state index contributed by atoms with van der Waals surface area (Å²) in [6, 6.07) is 0. The van der Waals surface area contributed by atoms with Crippen LogP contribution >= 0.6 is 0 Å². The van der Waals surface area contributed by atoms with Gasteiger partial charge >= 0.3 is 0 Å². The van der Waals surface area contributed by atoms with Crippen LogP contribution in [0.2, 0.25) is 0 Å². The van der Waals surface area contributed by atoms with Crippen LogP contribution in [-0.2, 0) is 4.79 Å². The molecule has 0 aliphatic carbocycles. The number of Topliss-reactive ketones (excluding diaryl/α,β-unsaturated/α-hetero) is 1. The van der Waals surface area contributed by atoms with E-state index in [1.54, 1.807) is 0 Å². The Bertz CT molecular complexity index is 148. The number of carbonyl (C=O) groups is 1. The molecule has 0 spiro atoms. The first-order chi connectivity index (χ1) is 5.81. The third-order valence-corrected chi connectivity index (χ3v) is 1.65. The first-order valence-electron chi connectivity index (χ1n) is 4.55. The number of allylic oxidation sites excluding steroid dienone is 4. The van der Waals surface area contributed by atoms with Gasteiger partial charge in [0.15, 0.2) is 0 Å². The molecule has 0 aromatic heterocycles. The highest BCUT2D eigenvalue weighted by Crippen LogP contribution is 2.00. The van der Waals surface area contributed by atoms with Gasteiger partial charge in [0.25, 0.3) is 0 Å². The van der Waals surface area contributed by atoms with Crippen molar-refractivity contribution in [3.8, 4) is 0 Å². The molecule has 0 N–H and O–H groups in total. The number of rotatable bonds is 6. The summed E-state index contributed by atoms with van der Waals surface area (Å²) < 4.78 is 0. The Kier molecular flexibility index (Phi) is 7.66. The van der Waals surface area contributed by atoms with Crippen LogP contribution in [-0.4, -0.2) is 5.78 Å². The van der Waals surface area contributed by atoms with Crippen LogP contribution in [0.15, 0.2) is 24.3 Å². The van der Waals surface area contributed by atoms with Gasteiger partial charge in [-0.25, -0.2) is 0 Å². The predicted octanol–water partition coefficient (Wildman–Crippen LogP) is 3.27. The van der Waals surface area contributed by atoms with Crippen molar-refractivity contribution in [2.24, 2.45) is 0 Å². The number of hydrogen-bond donors (Lipinski definition) is 0. The van der Waals surface area contributed by atoms with Gasteiger partial charge in [0.05, 0.1) is 0 Å². The summed E-state index contributed by atoms with van der Waals surface area (Å²) in [6.07, 6.45) is 11.2. The molecule has 0 atom stereocenters. The van der Waals surface area contributed by atoms with Gasteiger partial charge in [-0.05, 0) is 26.7 Å². The second kappa shape index (κ2) is 8.25. The molecule has 0 aromatic carbocycles. The minimum Gasteiger partial charge on any atom is -0.300 e. The minimum atomic E-state index is 0.367. The van der Waals surface area contributed by atoms with Crippen molar-refractivity contribution in [1.29, 1.82) is 0 Å². The second-order valence-electron chi connectivity index (χ2n) is 2.75. The normalized spacial score (nSPS) is 11.5. The first kappa shape index (κ1) is 11.2. The van der Waals surface area contributed by atoms with Crippen molar-refractivity contribution in [2.45, 2.75) is 39.5 Å². The molecule has 0 aromatic rings. The molecule has 0 radical (unpaired) electrons. The molecule has 68 valence electrons. The standard InChI is InChI=1S/C11H18O/c1-3-5-7-9-11(12)10-8-6-4-2/h3-6H,7-10H2,1-2H3. The van der Waals surface area contributed by atoms with E-state index in [0.29, 0.717) is 18.6 Å². The van der Waals surface area contributed by atoms with E-state index in [2.05, 4.69) is 0 Å². The monoisotopic (exact) mass is 166 g/mol. The summed E-state index contributed by atoms with van der Waals surface area (Å²) in [6.45, 7) is 3.95. The summed E-state index contributed by atoms with van der Waals surface area (Å²) in [5, 5.41) is 0. The van der Waals surface area contributed by atoms with Gasteiger partial charge in [-0.15, -0.1) is 0 Å². The first-order valence-corrected chi connectivity index (χ1v) is 4.55. The van der Waals surface area contributed by atoms with Crippen molar-refractivity contribution in [3.63, 3.8) is 0 Å². The lowest BCUT2D eigenvalue weighted by atomic mass is 10.1. The van der Waals surface area contributed by atoms with Crippen molar-refractivity contribution in [1.82, 2.24) is 0 Å². The lowest BCUT2D eigenvalue weighted by Gasteiger charge is -1.94. The van der Waals surface area contributed by atoms with Crippen molar-refractivity contribution < 1.29 is 4.79 Å². The predicted molar refractivity (Wildman–Crippen MR) is 53.1 cm³/mol. The molecule has 0 saturated carbocycles. The Morgan fingerprint density at radius 2 is 1.42 bits per heavy atom. The van der Waals surface area contributed by atoms with Crippen LogP contribution in [0.5, 0.6) is 0 Å². The molecule has 0 fully saturated rings. The van der Waals surface area contributed by atoms with E-state index in [1.807, 2.05) is 38.2 Å². The second-order valence-corrected chi connectivity index (χ2v) is 2.75. The van der Waals surface area contributed by atoms with Crippen molar-refractivity contribution in [3.05, 3.63) is 24.3 Å².